The van der Waals surface area contributed by atoms with Crippen molar-refractivity contribution in [3.05, 3.63) is 35.9 Å². The molecular weight excluding hydrogens is 306 g/mol. The molecule has 0 saturated carbocycles. The Morgan fingerprint density at radius 1 is 1.33 bits per heavy atom. The summed E-state index contributed by atoms with van der Waals surface area (Å²) in [6.07, 6.45) is 0.559. The third-order valence-electron chi connectivity index (χ3n) is 3.02. The first-order chi connectivity index (χ1) is 10.1. The Kier molecular flexibility index (Phi) is 8.30. The number of carbonyl (C=O) groups is 2. The quantitative estimate of drug-likeness (QED) is 0.608. The summed E-state index contributed by atoms with van der Waals surface area (Å²) in [4.78, 5) is 23.4. The Bertz CT molecular complexity index is 453. The van der Waals surface area contributed by atoms with E-state index in [2.05, 4.69) is 17.9 Å². The van der Waals surface area contributed by atoms with Crippen molar-refractivity contribution in [2.75, 3.05) is 17.3 Å². The van der Waals surface area contributed by atoms with Gasteiger partial charge in [0.2, 0.25) is 5.91 Å². The van der Waals surface area contributed by atoms with Gasteiger partial charge in [-0.15, -0.1) is 0 Å². The van der Waals surface area contributed by atoms with E-state index in [1.807, 2.05) is 37.3 Å². The molecule has 1 amide bonds. The Morgan fingerprint density at radius 2 is 2.00 bits per heavy atom. The van der Waals surface area contributed by atoms with Crippen LogP contribution in [0.1, 0.15) is 12.5 Å². The van der Waals surface area contributed by atoms with Crippen molar-refractivity contribution in [1.82, 2.24) is 5.32 Å². The number of hydrogen-bond acceptors (Lipinski definition) is 4. The minimum absolute atomic E-state index is 0.252. The molecule has 0 aliphatic heterocycles. The molecule has 1 aromatic rings. The average Bonchev–Trinajstić information content (AvgIpc) is 2.49. The smallest absolute Gasteiger partial charge is 0.327 e. The number of carboxylic acid groups (broad SMARTS) is 1. The maximum Gasteiger partial charge on any atom is 0.327 e. The van der Waals surface area contributed by atoms with Crippen molar-refractivity contribution < 1.29 is 14.7 Å². The molecule has 0 fully saturated rings. The summed E-state index contributed by atoms with van der Waals surface area (Å²) in [5.41, 5.74) is 1.04. The van der Waals surface area contributed by atoms with Crippen molar-refractivity contribution >= 4 is 36.3 Å². The zero-order valence-corrected chi connectivity index (χ0v) is 13.7. The number of carboxylic acids is 1. The van der Waals surface area contributed by atoms with Gasteiger partial charge in [0.1, 0.15) is 6.04 Å². The fourth-order valence-corrected chi connectivity index (χ4v) is 2.83. The number of benzene rings is 1. The molecule has 1 rings (SSSR count). The lowest BCUT2D eigenvalue weighted by molar-refractivity contribution is -0.141. The van der Waals surface area contributed by atoms with E-state index >= 15 is 0 Å². The van der Waals surface area contributed by atoms with Gasteiger partial charge in [-0.3, -0.25) is 4.79 Å². The molecule has 0 aromatic heterocycles. The number of hydrogen-bond donors (Lipinski definition) is 3. The molecule has 0 spiro atoms. The normalized spacial score (nSPS) is 13.4. The molecule has 116 valence electrons. The standard InChI is InChI=1S/C15H21NO3S2/c1-2-21-10-13(15(18)19)16-14(17)12(9-20)8-11-6-4-3-5-7-11/h3-7,12-13,20H,2,8-10H2,1H3,(H,16,17)(H,18,19)/t12-,13+/m1/s1. The lowest BCUT2D eigenvalue weighted by Crippen LogP contribution is -2.46. The fraction of sp³-hybridized carbons (Fsp3) is 0.467. The highest BCUT2D eigenvalue weighted by Crippen LogP contribution is 2.12. The van der Waals surface area contributed by atoms with Crippen LogP contribution in [0.25, 0.3) is 0 Å². The van der Waals surface area contributed by atoms with Crippen LogP contribution < -0.4 is 5.32 Å². The summed E-state index contributed by atoms with van der Waals surface area (Å²) >= 11 is 5.71. The summed E-state index contributed by atoms with van der Waals surface area (Å²) in [6, 6.07) is 8.81. The molecule has 2 atom stereocenters. The van der Waals surface area contributed by atoms with Gasteiger partial charge in [0, 0.05) is 11.5 Å². The zero-order valence-electron chi connectivity index (χ0n) is 12.0. The third kappa shape index (κ3) is 6.44. The molecule has 0 unspecified atom stereocenters. The van der Waals surface area contributed by atoms with E-state index in [4.69, 9.17) is 5.11 Å². The molecule has 6 heteroatoms. The Hall–Kier alpha value is -1.14. The van der Waals surface area contributed by atoms with E-state index < -0.39 is 12.0 Å². The number of nitrogens with one attached hydrogen (secondary N) is 1. The topological polar surface area (TPSA) is 66.4 Å². The van der Waals surface area contributed by atoms with Crippen LogP contribution in [0, 0.1) is 5.92 Å². The van der Waals surface area contributed by atoms with E-state index in [0.29, 0.717) is 17.9 Å². The first-order valence-corrected chi connectivity index (χ1v) is 8.62. The second-order valence-electron chi connectivity index (χ2n) is 4.63. The van der Waals surface area contributed by atoms with Gasteiger partial charge in [0.25, 0.3) is 0 Å². The van der Waals surface area contributed by atoms with Gasteiger partial charge >= 0.3 is 5.97 Å². The molecule has 0 aliphatic rings. The number of thioether (sulfide) groups is 1. The van der Waals surface area contributed by atoms with Gasteiger partial charge in [-0.2, -0.15) is 24.4 Å². The number of carbonyl (C=O) groups excluding carboxylic acids is 1. The lowest BCUT2D eigenvalue weighted by atomic mass is 10.00. The maximum atomic E-state index is 12.2. The predicted molar refractivity (Wildman–Crippen MR) is 90.1 cm³/mol. The fourth-order valence-electron chi connectivity index (χ4n) is 1.84. The summed E-state index contributed by atoms with van der Waals surface area (Å²) in [6.45, 7) is 1.96. The second-order valence-corrected chi connectivity index (χ2v) is 6.31. The highest BCUT2D eigenvalue weighted by atomic mass is 32.2. The van der Waals surface area contributed by atoms with Gasteiger partial charge < -0.3 is 10.4 Å². The van der Waals surface area contributed by atoms with Gasteiger partial charge in [-0.25, -0.2) is 4.79 Å². The van der Waals surface area contributed by atoms with Crippen molar-refractivity contribution in [1.29, 1.82) is 0 Å². The van der Waals surface area contributed by atoms with Crippen LogP contribution in [0.5, 0.6) is 0 Å². The van der Waals surface area contributed by atoms with Crippen LogP contribution >= 0.6 is 24.4 Å². The van der Waals surface area contributed by atoms with Gasteiger partial charge in [-0.1, -0.05) is 37.3 Å². The summed E-state index contributed by atoms with van der Waals surface area (Å²) in [5.74, 6) is -0.000327. The van der Waals surface area contributed by atoms with Crippen LogP contribution in [0.15, 0.2) is 30.3 Å². The molecule has 4 nitrogen and oxygen atoms in total. The third-order valence-corrected chi connectivity index (χ3v) is 4.44. The van der Waals surface area contributed by atoms with Gasteiger partial charge in [-0.05, 0) is 17.7 Å². The SMILES string of the molecule is CCSC[C@H](NC(=O)[C@@H](CS)Cc1ccccc1)C(=O)O. The number of rotatable bonds is 9. The summed E-state index contributed by atoms with van der Waals surface area (Å²) in [5, 5.41) is 11.8. The van der Waals surface area contributed by atoms with Crippen LogP contribution in [0.3, 0.4) is 0 Å². The number of amides is 1. The Morgan fingerprint density at radius 3 is 2.52 bits per heavy atom. The highest BCUT2D eigenvalue weighted by molar-refractivity contribution is 7.99. The molecule has 2 N–H and O–H groups in total. The first-order valence-electron chi connectivity index (χ1n) is 6.84. The van der Waals surface area contributed by atoms with Crippen LogP contribution in [0.4, 0.5) is 0 Å². The van der Waals surface area contributed by atoms with E-state index in [1.165, 1.54) is 11.8 Å². The maximum absolute atomic E-state index is 12.2. The van der Waals surface area contributed by atoms with Crippen LogP contribution in [-0.4, -0.2) is 40.3 Å². The minimum atomic E-state index is -0.998. The second kappa shape index (κ2) is 9.73. The first kappa shape index (κ1) is 17.9. The zero-order chi connectivity index (χ0) is 15.7. The predicted octanol–water partition coefficient (Wildman–Crippen LogP) is 2.10. The van der Waals surface area contributed by atoms with Crippen LogP contribution in [-0.2, 0) is 16.0 Å². The largest absolute Gasteiger partial charge is 0.480 e. The average molecular weight is 327 g/mol. The van der Waals surface area contributed by atoms with Crippen molar-refractivity contribution in [2.45, 2.75) is 19.4 Å². The van der Waals surface area contributed by atoms with E-state index in [0.717, 1.165) is 11.3 Å². The molecule has 0 aliphatic carbocycles. The van der Waals surface area contributed by atoms with Gasteiger partial charge in [0.05, 0.1) is 5.92 Å². The van der Waals surface area contributed by atoms with Crippen LogP contribution in [0.2, 0.25) is 0 Å². The molecule has 0 saturated heterocycles. The number of thiol groups is 1. The number of aliphatic carboxylic acids is 1. The molecule has 1 aromatic carbocycles. The monoisotopic (exact) mass is 327 g/mol. The van der Waals surface area contributed by atoms with Gasteiger partial charge in [0.15, 0.2) is 0 Å². The minimum Gasteiger partial charge on any atom is -0.480 e. The molecule has 21 heavy (non-hydrogen) atoms. The van der Waals surface area contributed by atoms with Crippen molar-refractivity contribution in [2.24, 2.45) is 5.92 Å². The molecule has 0 radical (unpaired) electrons. The summed E-state index contributed by atoms with van der Waals surface area (Å²) < 4.78 is 0. The molecule has 0 bridgehead atoms. The Balaban J connectivity index is 2.62. The highest BCUT2D eigenvalue weighted by Gasteiger charge is 2.24. The molecule has 0 heterocycles. The summed E-state index contributed by atoms with van der Waals surface area (Å²) in [7, 11) is 0. The Labute approximate surface area is 135 Å². The van der Waals surface area contributed by atoms with Crippen molar-refractivity contribution in [3.63, 3.8) is 0 Å². The van der Waals surface area contributed by atoms with E-state index in [1.54, 1.807) is 0 Å². The lowest BCUT2D eigenvalue weighted by Gasteiger charge is -2.19. The van der Waals surface area contributed by atoms with Crippen molar-refractivity contribution in [3.8, 4) is 0 Å². The van der Waals surface area contributed by atoms with E-state index in [9.17, 15) is 9.59 Å². The molecular formula is C15H21NO3S2. The van der Waals surface area contributed by atoms with E-state index in [-0.39, 0.29) is 11.8 Å².